The summed E-state index contributed by atoms with van der Waals surface area (Å²) in [7, 11) is 0. The van der Waals surface area contributed by atoms with Crippen LogP contribution in [0.3, 0.4) is 0 Å². The van der Waals surface area contributed by atoms with Gasteiger partial charge in [0.05, 0.1) is 0 Å². The molecule has 4 aromatic carbocycles. The molecular weight excluding hydrogens is 608 g/mol. The van der Waals surface area contributed by atoms with E-state index in [1.54, 1.807) is 17.7 Å². The summed E-state index contributed by atoms with van der Waals surface area (Å²) in [6.07, 6.45) is 7.27. The summed E-state index contributed by atoms with van der Waals surface area (Å²) in [5, 5.41) is 5.43. The zero-order valence-electron chi connectivity index (χ0n) is 22.3. The molecule has 0 fully saturated rings. The third-order valence-corrected chi connectivity index (χ3v) is 31.6. The molecular formula is C34H35ClGeZr. The van der Waals surface area contributed by atoms with E-state index >= 15 is 0 Å². The number of benzene rings is 4. The van der Waals surface area contributed by atoms with Crippen molar-refractivity contribution < 1.29 is 15.7 Å². The second-order valence-corrected chi connectivity index (χ2v) is 54.3. The van der Waals surface area contributed by atoms with Crippen LogP contribution in [0.5, 0.6) is 0 Å². The molecule has 2 aliphatic rings. The van der Waals surface area contributed by atoms with Gasteiger partial charge < -0.3 is 0 Å². The first-order valence-corrected chi connectivity index (χ1v) is 31.0. The van der Waals surface area contributed by atoms with Crippen LogP contribution in [-0.2, 0) is 15.7 Å². The molecule has 0 N–H and O–H groups in total. The van der Waals surface area contributed by atoms with Crippen LogP contribution in [0.1, 0.15) is 37.8 Å². The van der Waals surface area contributed by atoms with Gasteiger partial charge in [0.15, 0.2) is 0 Å². The van der Waals surface area contributed by atoms with Gasteiger partial charge in [-0.3, -0.25) is 0 Å². The van der Waals surface area contributed by atoms with Crippen LogP contribution in [0.25, 0.3) is 32.7 Å². The molecule has 0 saturated carbocycles. The second kappa shape index (κ2) is 9.67. The number of hydrogen-bond donors (Lipinski definition) is 0. The monoisotopic (exact) mass is 642 g/mol. The van der Waals surface area contributed by atoms with Crippen molar-refractivity contribution in [3.63, 3.8) is 0 Å². The first-order valence-electron chi connectivity index (χ1n) is 13.1. The molecule has 0 unspecified atom stereocenters. The maximum Gasteiger partial charge on any atom is -0.147 e. The molecule has 0 bridgehead atoms. The summed E-state index contributed by atoms with van der Waals surface area (Å²) < 4.78 is 9.06. The van der Waals surface area contributed by atoms with Crippen LogP contribution in [0.2, 0.25) is 9.26 Å². The fourth-order valence-corrected chi connectivity index (χ4v) is 28.0. The second-order valence-electron chi connectivity index (χ2n) is 11.8. The van der Waals surface area contributed by atoms with Gasteiger partial charge in [0.2, 0.25) is 0 Å². The Labute approximate surface area is 233 Å². The third-order valence-electron chi connectivity index (χ3n) is 8.67. The van der Waals surface area contributed by atoms with Crippen molar-refractivity contribution in [1.82, 2.24) is 0 Å². The van der Waals surface area contributed by atoms with Crippen molar-refractivity contribution in [2.24, 2.45) is 0 Å². The van der Waals surface area contributed by atoms with Crippen molar-refractivity contribution in [2.45, 2.75) is 36.0 Å². The Morgan fingerprint density at radius 1 is 0.568 bits per heavy atom. The molecule has 0 amide bonds. The minimum atomic E-state index is -3.28. The molecule has 3 heteroatoms. The van der Waals surface area contributed by atoms with E-state index in [1.807, 2.05) is 0 Å². The van der Waals surface area contributed by atoms with Crippen LogP contribution in [0, 0.1) is 0 Å². The average molecular weight is 643 g/mol. The van der Waals surface area contributed by atoms with Crippen molar-refractivity contribution in [3.05, 3.63) is 126 Å². The molecule has 2 aliphatic carbocycles. The van der Waals surface area contributed by atoms with Crippen LogP contribution in [0.15, 0.2) is 115 Å². The molecule has 4 aromatic rings. The quantitative estimate of drug-likeness (QED) is 0.195. The van der Waals surface area contributed by atoms with Gasteiger partial charge >= 0.3 is 222 Å². The van der Waals surface area contributed by atoms with Crippen molar-refractivity contribution in [3.8, 4) is 0 Å². The van der Waals surface area contributed by atoms with E-state index in [-0.39, 0.29) is 12.4 Å². The van der Waals surface area contributed by atoms with Crippen molar-refractivity contribution in [1.29, 1.82) is 0 Å². The van der Waals surface area contributed by atoms with Crippen LogP contribution in [-0.4, -0.2) is 12.1 Å². The largest absolute Gasteiger partial charge is 0.147 e. The number of hydrogen-bond acceptors (Lipinski definition) is 0. The van der Waals surface area contributed by atoms with Gasteiger partial charge in [0.1, 0.15) is 0 Å². The van der Waals surface area contributed by atoms with Crippen LogP contribution >= 0.6 is 12.4 Å². The number of halogens is 1. The third kappa shape index (κ3) is 4.52. The molecule has 186 valence electrons. The Hall–Kier alpha value is -1.92. The van der Waals surface area contributed by atoms with Crippen molar-refractivity contribution in [2.75, 3.05) is 0 Å². The number of fused-ring (bicyclic) bond motifs is 2. The van der Waals surface area contributed by atoms with Crippen LogP contribution < -0.4 is 0 Å². The Morgan fingerprint density at radius 3 is 1.38 bits per heavy atom. The van der Waals surface area contributed by atoms with E-state index in [2.05, 4.69) is 120 Å². The van der Waals surface area contributed by atoms with E-state index in [1.165, 1.54) is 56.0 Å². The Bertz CT molecular complexity index is 1640. The first kappa shape index (κ1) is 26.7. The van der Waals surface area contributed by atoms with E-state index < -0.39 is 15.7 Å². The van der Waals surface area contributed by atoms with Crippen molar-refractivity contribution >= 4 is 57.2 Å². The average Bonchev–Trinajstić information content (AvgIpc) is 3.47. The minimum Gasteiger partial charge on any atom is -0.147 e. The van der Waals surface area contributed by atoms with Crippen LogP contribution in [0.4, 0.5) is 0 Å². The SMILES string of the molecule is CC1=[C]([Zr]([CH3])([CH3])(=[GeH2])[C]2=C(C)C=C(c3cccc4ccccc34)C2)CC(c2cccc3ccccc23)=C1.Cl. The van der Waals surface area contributed by atoms with Gasteiger partial charge in [0, 0.05) is 0 Å². The number of allylic oxidation sites excluding steroid dienone is 8. The fourth-order valence-electron chi connectivity index (χ4n) is 6.83. The molecule has 0 spiro atoms. The maximum absolute atomic E-state index is 3.28. The molecule has 0 aliphatic heterocycles. The molecule has 0 heterocycles. The summed E-state index contributed by atoms with van der Waals surface area (Å²) in [5.41, 5.74) is 8.93. The predicted octanol–water partition coefficient (Wildman–Crippen LogP) is 9.57. The molecule has 0 nitrogen and oxygen atoms in total. The Balaban J connectivity index is 0.00000280. The smallest absolute Gasteiger partial charge is 0.147 e. The van der Waals surface area contributed by atoms with E-state index in [0.717, 1.165) is 12.8 Å². The zero-order chi connectivity index (χ0) is 25.1. The minimum absolute atomic E-state index is 0. The normalized spacial score (nSPS) is 16.4. The molecule has 0 atom stereocenters. The first-order chi connectivity index (χ1) is 17.2. The van der Waals surface area contributed by atoms with E-state index in [0.29, 0.717) is 0 Å². The Kier molecular flexibility index (Phi) is 6.97. The van der Waals surface area contributed by atoms with E-state index in [9.17, 15) is 0 Å². The molecule has 37 heavy (non-hydrogen) atoms. The van der Waals surface area contributed by atoms with Gasteiger partial charge in [-0.1, -0.05) is 0 Å². The van der Waals surface area contributed by atoms with Gasteiger partial charge in [-0.25, -0.2) is 0 Å². The standard InChI is InChI=1S/2C16H13.2CH3.ClH.GeH2.Zr/c2*1-12-9-10-14(11-12)16-8-4-6-13-5-2-3-7-15(13)16;;;;;/h2*2-8,11H,10H2,1H3;2*1H3;1H;1H2;. The maximum atomic E-state index is 2.72. The summed E-state index contributed by atoms with van der Waals surface area (Å²) in [5.74, 6) is 0. The molecule has 0 saturated heterocycles. The van der Waals surface area contributed by atoms with Gasteiger partial charge in [-0.15, -0.1) is 12.4 Å². The van der Waals surface area contributed by atoms with Gasteiger partial charge in [0.25, 0.3) is 0 Å². The summed E-state index contributed by atoms with van der Waals surface area (Å²) >= 11 is -1.87. The summed E-state index contributed by atoms with van der Waals surface area (Å²) in [6.45, 7) is 4.76. The molecule has 0 aromatic heterocycles. The van der Waals surface area contributed by atoms with E-state index in [4.69, 9.17) is 0 Å². The topological polar surface area (TPSA) is 0 Å². The Morgan fingerprint density at radius 2 is 0.946 bits per heavy atom. The molecule has 0 radical (unpaired) electrons. The predicted molar refractivity (Wildman–Crippen MR) is 166 cm³/mol. The van der Waals surface area contributed by atoms with Gasteiger partial charge in [-0.2, -0.15) is 0 Å². The summed E-state index contributed by atoms with van der Waals surface area (Å²) in [6, 6.07) is 31.2. The fraction of sp³-hybridized carbons (Fsp3) is 0.176. The number of rotatable bonds is 4. The molecule has 6 rings (SSSR count). The van der Waals surface area contributed by atoms with Gasteiger partial charge in [-0.05, 0) is 0 Å². The summed E-state index contributed by atoms with van der Waals surface area (Å²) in [4.78, 5) is 0. The zero-order valence-corrected chi connectivity index (χ0v) is 28.5.